The number of anilines is 1. The van der Waals surface area contributed by atoms with Gasteiger partial charge in [-0.05, 0) is 38.5 Å². The maximum atomic E-state index is 12.6. The van der Waals surface area contributed by atoms with Gasteiger partial charge in [-0.3, -0.25) is 4.79 Å². The summed E-state index contributed by atoms with van der Waals surface area (Å²) in [5, 5.41) is 14.5. The molecule has 0 radical (unpaired) electrons. The van der Waals surface area contributed by atoms with E-state index in [4.69, 9.17) is 4.42 Å². The number of furan rings is 1. The molecule has 1 amide bonds. The van der Waals surface area contributed by atoms with Crippen LogP contribution in [0.4, 0.5) is 5.82 Å². The van der Waals surface area contributed by atoms with Crippen LogP contribution in [-0.2, 0) is 11.3 Å². The second-order valence-electron chi connectivity index (χ2n) is 6.90. The van der Waals surface area contributed by atoms with E-state index in [1.165, 1.54) is 5.56 Å². The minimum atomic E-state index is -0.141. The van der Waals surface area contributed by atoms with Crippen molar-refractivity contribution in [3.63, 3.8) is 0 Å². The van der Waals surface area contributed by atoms with Crippen LogP contribution in [0.25, 0.3) is 0 Å². The highest BCUT2D eigenvalue weighted by Gasteiger charge is 2.21. The van der Waals surface area contributed by atoms with E-state index in [9.17, 15) is 10.1 Å². The standard InChI is InChI=1S/C22H24N4O2/c1-15-17(3)26(14-19-10-7-11-28-19)22(20(15)12-23)25-21(27)13-24-16(2)18-8-5-4-6-9-18/h4-11,16,24H,13-14H2,1-3H3,(H,25,27)/p+1/t16-/m1/s1. The van der Waals surface area contributed by atoms with Crippen molar-refractivity contribution >= 4 is 11.7 Å². The zero-order valence-electron chi connectivity index (χ0n) is 16.4. The third-order valence-corrected chi connectivity index (χ3v) is 5.08. The van der Waals surface area contributed by atoms with Crippen LogP contribution in [0.5, 0.6) is 0 Å². The molecule has 0 spiro atoms. The van der Waals surface area contributed by atoms with Crippen molar-refractivity contribution in [3.8, 4) is 6.07 Å². The largest absolute Gasteiger partial charge is 0.467 e. The third kappa shape index (κ3) is 4.16. The quantitative estimate of drug-likeness (QED) is 0.664. The first kappa shape index (κ1) is 19.5. The number of benzene rings is 1. The number of carbonyl (C=O) groups is 1. The van der Waals surface area contributed by atoms with Crippen LogP contribution in [-0.4, -0.2) is 17.0 Å². The summed E-state index contributed by atoms with van der Waals surface area (Å²) in [6.45, 7) is 6.63. The normalized spacial score (nSPS) is 11.8. The number of hydrogen-bond donors (Lipinski definition) is 2. The van der Waals surface area contributed by atoms with E-state index in [1.807, 2.05) is 66.2 Å². The lowest BCUT2D eigenvalue weighted by Gasteiger charge is -2.13. The number of carbonyl (C=O) groups excluding carboxylic acids is 1. The van der Waals surface area contributed by atoms with Crippen molar-refractivity contribution in [2.45, 2.75) is 33.4 Å². The average Bonchev–Trinajstić information content (AvgIpc) is 3.30. The van der Waals surface area contributed by atoms with Crippen molar-refractivity contribution in [1.29, 1.82) is 5.26 Å². The van der Waals surface area contributed by atoms with Gasteiger partial charge in [0.1, 0.15) is 23.7 Å². The lowest BCUT2D eigenvalue weighted by atomic mass is 10.1. The highest BCUT2D eigenvalue weighted by Crippen LogP contribution is 2.27. The van der Waals surface area contributed by atoms with Gasteiger partial charge in [-0.25, -0.2) is 0 Å². The molecule has 0 fully saturated rings. The maximum Gasteiger partial charge on any atom is 0.280 e. The SMILES string of the molecule is Cc1c(C#N)c(NC(=O)C[NH2+][C@H](C)c2ccccc2)n(Cc2ccco2)c1C. The number of nitrogens with one attached hydrogen (secondary N) is 1. The fourth-order valence-electron chi connectivity index (χ4n) is 3.25. The van der Waals surface area contributed by atoms with Crippen LogP contribution in [0.1, 0.15) is 41.1 Å². The van der Waals surface area contributed by atoms with Gasteiger partial charge in [-0.15, -0.1) is 0 Å². The fraction of sp³-hybridized carbons (Fsp3) is 0.273. The van der Waals surface area contributed by atoms with Crippen molar-refractivity contribution in [1.82, 2.24) is 4.57 Å². The summed E-state index contributed by atoms with van der Waals surface area (Å²) < 4.78 is 7.36. The van der Waals surface area contributed by atoms with Gasteiger partial charge in [0, 0.05) is 11.3 Å². The van der Waals surface area contributed by atoms with E-state index in [2.05, 4.69) is 18.3 Å². The topological polar surface area (TPSA) is 87.6 Å². The number of amides is 1. The Balaban J connectivity index is 1.74. The molecule has 0 bridgehead atoms. The molecule has 144 valence electrons. The zero-order chi connectivity index (χ0) is 20.1. The Hall–Kier alpha value is -3.30. The number of quaternary nitrogens is 1. The van der Waals surface area contributed by atoms with Crippen molar-refractivity contribution in [3.05, 3.63) is 76.9 Å². The minimum Gasteiger partial charge on any atom is -0.467 e. The van der Waals surface area contributed by atoms with Crippen LogP contribution in [0.3, 0.4) is 0 Å². The van der Waals surface area contributed by atoms with E-state index in [-0.39, 0.29) is 18.5 Å². The Labute approximate surface area is 164 Å². The van der Waals surface area contributed by atoms with Crippen LogP contribution >= 0.6 is 0 Å². The predicted molar refractivity (Wildman–Crippen MR) is 107 cm³/mol. The number of nitrogens with two attached hydrogens (primary N) is 1. The van der Waals surface area contributed by atoms with Gasteiger partial charge in [0.2, 0.25) is 0 Å². The highest BCUT2D eigenvalue weighted by molar-refractivity contribution is 5.92. The Bertz CT molecular complexity index is 982. The molecule has 28 heavy (non-hydrogen) atoms. The fourth-order valence-corrected chi connectivity index (χ4v) is 3.25. The number of nitriles is 1. The summed E-state index contributed by atoms with van der Waals surface area (Å²) in [6, 6.07) is 16.2. The predicted octanol–water partition coefficient (Wildman–Crippen LogP) is 2.88. The molecule has 2 heterocycles. The van der Waals surface area contributed by atoms with E-state index in [0.29, 0.717) is 17.9 Å². The number of hydrogen-bond acceptors (Lipinski definition) is 3. The number of aromatic nitrogens is 1. The molecule has 0 aliphatic heterocycles. The van der Waals surface area contributed by atoms with Gasteiger partial charge >= 0.3 is 0 Å². The molecular weight excluding hydrogens is 352 g/mol. The second-order valence-corrected chi connectivity index (χ2v) is 6.90. The molecule has 0 unspecified atom stereocenters. The molecule has 3 rings (SSSR count). The number of rotatable bonds is 7. The Kier molecular flexibility index (Phi) is 5.97. The molecule has 3 aromatic rings. The van der Waals surface area contributed by atoms with Crippen molar-refractivity contribution in [2.24, 2.45) is 0 Å². The van der Waals surface area contributed by atoms with Gasteiger partial charge in [0.05, 0.1) is 18.4 Å². The zero-order valence-corrected chi connectivity index (χ0v) is 16.4. The van der Waals surface area contributed by atoms with Crippen molar-refractivity contribution < 1.29 is 14.5 Å². The van der Waals surface area contributed by atoms with Gasteiger partial charge in [-0.1, -0.05) is 30.3 Å². The maximum absolute atomic E-state index is 12.6. The van der Waals surface area contributed by atoms with Crippen LogP contribution in [0.15, 0.2) is 53.1 Å². The molecular formula is C22H25N4O2+. The second kappa shape index (κ2) is 8.59. The Morgan fingerprint density at radius 3 is 2.64 bits per heavy atom. The van der Waals surface area contributed by atoms with E-state index >= 15 is 0 Å². The molecule has 2 aromatic heterocycles. The van der Waals surface area contributed by atoms with Crippen LogP contribution < -0.4 is 10.6 Å². The first-order valence-electron chi connectivity index (χ1n) is 9.31. The van der Waals surface area contributed by atoms with Crippen LogP contribution in [0, 0.1) is 25.2 Å². The molecule has 6 nitrogen and oxygen atoms in total. The molecule has 1 aromatic carbocycles. The smallest absolute Gasteiger partial charge is 0.280 e. The lowest BCUT2D eigenvalue weighted by Crippen LogP contribution is -2.86. The van der Waals surface area contributed by atoms with Gasteiger partial charge in [-0.2, -0.15) is 5.26 Å². The molecule has 6 heteroatoms. The van der Waals surface area contributed by atoms with Crippen molar-refractivity contribution in [2.75, 3.05) is 11.9 Å². The number of nitrogens with zero attached hydrogens (tertiary/aromatic N) is 2. The van der Waals surface area contributed by atoms with Gasteiger partial charge < -0.3 is 19.6 Å². The van der Waals surface area contributed by atoms with E-state index in [0.717, 1.165) is 17.0 Å². The minimum absolute atomic E-state index is 0.141. The summed E-state index contributed by atoms with van der Waals surface area (Å²) in [5.74, 6) is 1.15. The molecule has 0 aliphatic rings. The molecule has 0 aliphatic carbocycles. The molecule has 1 atom stereocenters. The highest BCUT2D eigenvalue weighted by atomic mass is 16.3. The monoisotopic (exact) mass is 377 g/mol. The molecule has 3 N–H and O–H groups in total. The Morgan fingerprint density at radius 2 is 2.00 bits per heavy atom. The summed E-state index contributed by atoms with van der Waals surface area (Å²) in [4.78, 5) is 12.6. The first-order chi connectivity index (χ1) is 13.5. The summed E-state index contributed by atoms with van der Waals surface area (Å²) in [7, 11) is 0. The first-order valence-corrected chi connectivity index (χ1v) is 9.31. The van der Waals surface area contributed by atoms with Gasteiger partial charge in [0.15, 0.2) is 6.54 Å². The third-order valence-electron chi connectivity index (χ3n) is 5.08. The molecule has 0 saturated carbocycles. The van der Waals surface area contributed by atoms with Gasteiger partial charge in [0.25, 0.3) is 5.91 Å². The van der Waals surface area contributed by atoms with Crippen LogP contribution in [0.2, 0.25) is 0 Å². The van der Waals surface area contributed by atoms with E-state index in [1.54, 1.807) is 6.26 Å². The lowest BCUT2D eigenvalue weighted by molar-refractivity contribution is -0.682. The summed E-state index contributed by atoms with van der Waals surface area (Å²) in [5.41, 5.74) is 3.46. The molecule has 0 saturated heterocycles. The average molecular weight is 377 g/mol. The Morgan fingerprint density at radius 1 is 1.25 bits per heavy atom. The summed E-state index contributed by atoms with van der Waals surface area (Å²) in [6.07, 6.45) is 1.62. The summed E-state index contributed by atoms with van der Waals surface area (Å²) >= 11 is 0. The van der Waals surface area contributed by atoms with E-state index < -0.39 is 0 Å².